The molecule has 2 heterocycles. The van der Waals surface area contributed by atoms with Gasteiger partial charge >= 0.3 is 5.97 Å². The predicted molar refractivity (Wildman–Crippen MR) is 181 cm³/mol. The van der Waals surface area contributed by atoms with Gasteiger partial charge in [0.1, 0.15) is 11.5 Å². The van der Waals surface area contributed by atoms with E-state index in [-0.39, 0.29) is 5.97 Å². The monoisotopic (exact) mass is 603 g/mol. The number of carbonyl (C=O) groups excluding carboxylic acids is 1. The molecule has 1 aromatic heterocycles. The van der Waals surface area contributed by atoms with E-state index >= 15 is 0 Å². The number of rotatable bonds is 12. The zero-order valence-electron chi connectivity index (χ0n) is 26.7. The van der Waals surface area contributed by atoms with E-state index in [0.29, 0.717) is 17.9 Å². The molecule has 1 unspecified atom stereocenters. The number of aromatic amines is 1. The lowest BCUT2D eigenvalue weighted by molar-refractivity contribution is 0.0248. The van der Waals surface area contributed by atoms with Crippen LogP contribution in [0.3, 0.4) is 0 Å². The number of aromatic nitrogens is 1. The second-order valence-corrected chi connectivity index (χ2v) is 11.2. The van der Waals surface area contributed by atoms with Crippen molar-refractivity contribution in [3.8, 4) is 11.5 Å². The molecule has 1 aliphatic rings. The van der Waals surface area contributed by atoms with Crippen molar-refractivity contribution in [2.45, 2.75) is 39.8 Å². The highest BCUT2D eigenvalue weighted by atomic mass is 16.6. The second kappa shape index (κ2) is 12.6. The minimum absolute atomic E-state index is 0.366. The van der Waals surface area contributed by atoms with Crippen LogP contribution in [0.5, 0.6) is 11.5 Å². The summed E-state index contributed by atoms with van der Waals surface area (Å²) >= 11 is 0. The van der Waals surface area contributed by atoms with E-state index in [1.165, 1.54) is 5.56 Å². The summed E-state index contributed by atoms with van der Waals surface area (Å²) in [6.45, 7) is 12.1. The van der Waals surface area contributed by atoms with Crippen molar-refractivity contribution < 1.29 is 19.0 Å². The van der Waals surface area contributed by atoms with Crippen LogP contribution in [0.4, 0.5) is 11.4 Å². The Hall–Kier alpha value is -4.91. The molecule has 6 rings (SSSR count). The number of nitrogens with zero attached hydrogens (tertiary/aromatic N) is 2. The summed E-state index contributed by atoms with van der Waals surface area (Å²) in [5.74, 6) is 1.04. The average Bonchev–Trinajstić information content (AvgIpc) is 3.63. The molecule has 1 atom stereocenters. The molecule has 1 aliphatic heterocycles. The Morgan fingerprint density at radius 1 is 0.778 bits per heavy atom. The third-order valence-electron chi connectivity index (χ3n) is 8.85. The zero-order valence-corrected chi connectivity index (χ0v) is 26.7. The summed E-state index contributed by atoms with van der Waals surface area (Å²) in [5.41, 5.74) is 5.84. The Labute approximate surface area is 265 Å². The van der Waals surface area contributed by atoms with Gasteiger partial charge < -0.3 is 29.0 Å². The lowest BCUT2D eigenvalue weighted by Crippen LogP contribution is -2.30. The van der Waals surface area contributed by atoms with Crippen molar-refractivity contribution >= 4 is 28.2 Å². The van der Waals surface area contributed by atoms with Gasteiger partial charge in [0.05, 0.1) is 19.3 Å². The summed E-state index contributed by atoms with van der Waals surface area (Å²) in [5, 5.41) is 0.911. The molecule has 0 spiro atoms. The fourth-order valence-corrected chi connectivity index (χ4v) is 6.57. The molecule has 0 amide bonds. The van der Waals surface area contributed by atoms with Crippen LogP contribution in [-0.4, -0.2) is 44.3 Å². The van der Waals surface area contributed by atoms with E-state index in [0.717, 1.165) is 70.9 Å². The molecular weight excluding hydrogens is 562 g/mol. The topological polar surface area (TPSA) is 67.0 Å². The van der Waals surface area contributed by atoms with E-state index in [1.54, 1.807) is 7.11 Å². The first-order valence-electron chi connectivity index (χ1n) is 15.8. The van der Waals surface area contributed by atoms with Gasteiger partial charge in [0, 0.05) is 77.4 Å². The smallest absolute Gasteiger partial charge is 0.340 e. The van der Waals surface area contributed by atoms with Crippen molar-refractivity contribution in [1.82, 2.24) is 4.98 Å². The maximum absolute atomic E-state index is 14.0. The number of ether oxygens (including phenoxy) is 3. The lowest BCUT2D eigenvalue weighted by Gasteiger charge is -2.32. The number of carbonyl (C=O) groups is 1. The quantitative estimate of drug-likeness (QED) is 0.146. The van der Waals surface area contributed by atoms with Crippen LogP contribution in [-0.2, 0) is 16.9 Å². The maximum Gasteiger partial charge on any atom is 0.340 e. The van der Waals surface area contributed by atoms with Crippen molar-refractivity contribution in [1.29, 1.82) is 0 Å². The van der Waals surface area contributed by atoms with Crippen LogP contribution < -0.4 is 19.3 Å². The summed E-state index contributed by atoms with van der Waals surface area (Å²) in [7, 11) is 1.66. The Morgan fingerprint density at radius 2 is 1.49 bits per heavy atom. The van der Waals surface area contributed by atoms with Crippen LogP contribution in [0.15, 0.2) is 91.1 Å². The minimum Gasteiger partial charge on any atom is -0.497 e. The number of benzene rings is 4. The van der Waals surface area contributed by atoms with E-state index < -0.39 is 5.60 Å². The fraction of sp³-hybridized carbons (Fsp3) is 0.289. The first-order chi connectivity index (χ1) is 22.0. The van der Waals surface area contributed by atoms with Gasteiger partial charge in [0.15, 0.2) is 5.60 Å². The fourth-order valence-electron chi connectivity index (χ4n) is 6.57. The van der Waals surface area contributed by atoms with Crippen LogP contribution >= 0.6 is 0 Å². The molecule has 0 saturated heterocycles. The first kappa shape index (κ1) is 30.1. The molecule has 232 valence electrons. The molecule has 7 heteroatoms. The van der Waals surface area contributed by atoms with Crippen molar-refractivity contribution in [2.75, 3.05) is 43.2 Å². The number of anilines is 2. The van der Waals surface area contributed by atoms with Gasteiger partial charge in [-0.25, -0.2) is 4.79 Å². The molecule has 0 aliphatic carbocycles. The number of hydrogen-bond donors (Lipinski definition) is 1. The van der Waals surface area contributed by atoms with E-state index in [2.05, 4.69) is 90.2 Å². The van der Waals surface area contributed by atoms with Gasteiger partial charge in [-0.2, -0.15) is 0 Å². The normalized spacial score (nSPS) is 15.5. The molecule has 45 heavy (non-hydrogen) atoms. The molecule has 5 aromatic rings. The van der Waals surface area contributed by atoms with Crippen molar-refractivity contribution in [2.24, 2.45) is 0 Å². The Balaban J connectivity index is 1.58. The molecule has 4 aromatic carbocycles. The number of nitrogens with one attached hydrogen (secondary N) is 1. The van der Waals surface area contributed by atoms with E-state index in [4.69, 9.17) is 14.2 Å². The maximum atomic E-state index is 14.0. The summed E-state index contributed by atoms with van der Waals surface area (Å²) < 4.78 is 18.6. The van der Waals surface area contributed by atoms with Gasteiger partial charge in [0.2, 0.25) is 0 Å². The minimum atomic E-state index is -1.25. The molecule has 7 nitrogen and oxygen atoms in total. The average molecular weight is 604 g/mol. The highest BCUT2D eigenvalue weighted by Crippen LogP contribution is 2.53. The van der Waals surface area contributed by atoms with Gasteiger partial charge in [-0.3, -0.25) is 0 Å². The SMILES string of the molecule is CCOc1cc(N(CC)CC)ccc1C1(c2c[nH]c3ccc(OC)cc23)OC(=O)c2cc(N(CC)Cc3ccccc3)ccc21. The highest BCUT2D eigenvalue weighted by molar-refractivity contribution is 5.99. The number of methoxy groups -OCH3 is 1. The van der Waals surface area contributed by atoms with Gasteiger partial charge in [0.25, 0.3) is 0 Å². The third-order valence-corrected chi connectivity index (χ3v) is 8.85. The van der Waals surface area contributed by atoms with Crippen molar-refractivity contribution in [3.63, 3.8) is 0 Å². The largest absolute Gasteiger partial charge is 0.497 e. The number of hydrogen-bond acceptors (Lipinski definition) is 6. The molecule has 0 bridgehead atoms. The molecule has 1 N–H and O–H groups in total. The van der Waals surface area contributed by atoms with E-state index in [1.807, 2.05) is 43.5 Å². The van der Waals surface area contributed by atoms with Crippen LogP contribution in [0.2, 0.25) is 0 Å². The zero-order chi connectivity index (χ0) is 31.6. The van der Waals surface area contributed by atoms with Gasteiger partial charge in [-0.15, -0.1) is 0 Å². The number of H-pyrrole nitrogens is 1. The summed E-state index contributed by atoms with van der Waals surface area (Å²) in [6, 6.07) is 28.6. The Bertz CT molecular complexity index is 1810. The summed E-state index contributed by atoms with van der Waals surface area (Å²) in [6.07, 6.45) is 1.95. The first-order valence-corrected chi connectivity index (χ1v) is 15.8. The molecule has 0 radical (unpaired) electrons. The third kappa shape index (κ3) is 5.26. The summed E-state index contributed by atoms with van der Waals surface area (Å²) in [4.78, 5) is 22.0. The van der Waals surface area contributed by atoms with Crippen LogP contribution in [0, 0.1) is 0 Å². The number of esters is 1. The standard InChI is InChI=1S/C38H41N3O4/c1-6-40(7-2)28-16-19-33(36(22-28)44-9-4)38(34-24-39-35-20-17-29(43-5)23-30(34)35)32-18-15-27(21-31(32)37(42)45-38)41(8-3)25-26-13-11-10-12-14-26/h10-24,39H,6-9,25H2,1-5H3. The molecule has 0 fully saturated rings. The molecule has 0 saturated carbocycles. The predicted octanol–water partition coefficient (Wildman–Crippen LogP) is 7.91. The number of cyclic esters (lactones) is 1. The highest BCUT2D eigenvalue weighted by Gasteiger charge is 2.51. The Kier molecular flexibility index (Phi) is 8.44. The van der Waals surface area contributed by atoms with Crippen LogP contribution in [0.25, 0.3) is 10.9 Å². The lowest BCUT2D eigenvalue weighted by atomic mass is 9.79. The van der Waals surface area contributed by atoms with Gasteiger partial charge in [-0.1, -0.05) is 36.4 Å². The molecular formula is C38H41N3O4. The van der Waals surface area contributed by atoms with Crippen molar-refractivity contribution in [3.05, 3.63) is 119 Å². The van der Waals surface area contributed by atoms with E-state index in [9.17, 15) is 4.79 Å². The second-order valence-electron chi connectivity index (χ2n) is 11.2. The number of fused-ring (bicyclic) bond motifs is 2. The Morgan fingerprint density at radius 3 is 2.18 bits per heavy atom. The van der Waals surface area contributed by atoms with Crippen LogP contribution in [0.1, 0.15) is 60.3 Å². The van der Waals surface area contributed by atoms with Gasteiger partial charge in [-0.05, 0) is 75.7 Å².